The van der Waals surface area contributed by atoms with Gasteiger partial charge in [0.05, 0.1) is 12.3 Å². The summed E-state index contributed by atoms with van der Waals surface area (Å²) in [5, 5.41) is 3.89. The van der Waals surface area contributed by atoms with E-state index in [-0.39, 0.29) is 33.6 Å². The van der Waals surface area contributed by atoms with Crippen LogP contribution in [0.1, 0.15) is 24.5 Å². The zero-order chi connectivity index (χ0) is 21.4. The molecular weight excluding hydrogens is 428 g/mol. The number of hydrogen-bond acceptors (Lipinski definition) is 4. The molecule has 9 heteroatoms. The molecule has 3 rings (SSSR count). The lowest BCUT2D eigenvalue weighted by atomic mass is 9.86. The lowest BCUT2D eigenvalue weighted by Gasteiger charge is -2.29. The zero-order valence-electron chi connectivity index (χ0n) is 15.6. The normalized spacial score (nSPS) is 18.9. The van der Waals surface area contributed by atoms with Crippen molar-refractivity contribution in [3.8, 4) is 0 Å². The molecule has 0 aliphatic carbocycles. The van der Waals surface area contributed by atoms with Crippen LogP contribution in [-0.4, -0.2) is 31.3 Å². The van der Waals surface area contributed by atoms with E-state index < -0.39 is 18.2 Å². The number of alkyl halides is 3. The fraction of sp³-hybridized carbons (Fsp3) is 0.300. The molecular formula is C20H17Cl2F3N2O2. The minimum atomic E-state index is -4.75. The standard InChI is InChI=1S/C20H17Cl2F3N2O2/c1-12(28)11-27(2)17-5-3-4-13(6-17)18-10-19(29-26-18,20(23,24)25)14-7-15(21)9-16(22)8-14/h3-9H,10-11H2,1-2H3. The lowest BCUT2D eigenvalue weighted by molar-refractivity contribution is -0.275. The number of oxime groups is 1. The van der Waals surface area contributed by atoms with Crippen molar-refractivity contribution in [1.82, 2.24) is 0 Å². The van der Waals surface area contributed by atoms with Crippen molar-refractivity contribution >= 4 is 40.4 Å². The Hall–Kier alpha value is -2.25. The van der Waals surface area contributed by atoms with Crippen LogP contribution in [0.3, 0.4) is 0 Å². The number of carbonyl (C=O) groups excluding carboxylic acids is 1. The predicted octanol–water partition coefficient (Wildman–Crippen LogP) is 5.60. The molecule has 2 aromatic rings. The highest BCUT2D eigenvalue weighted by Gasteiger charge is 2.62. The highest BCUT2D eigenvalue weighted by Crippen LogP contribution is 2.49. The molecule has 4 nitrogen and oxygen atoms in total. The molecule has 2 aromatic carbocycles. The van der Waals surface area contributed by atoms with E-state index in [1.807, 2.05) is 0 Å². The molecule has 1 aliphatic heterocycles. The SMILES string of the molecule is CC(=O)CN(C)c1cccc(C2=NOC(c3cc(Cl)cc(Cl)c3)(C(F)(F)F)C2)c1. The third-order valence-electron chi connectivity index (χ3n) is 4.59. The molecule has 0 spiro atoms. The van der Waals surface area contributed by atoms with E-state index in [1.165, 1.54) is 25.1 Å². The number of halogens is 5. The van der Waals surface area contributed by atoms with Gasteiger partial charge in [0.25, 0.3) is 5.60 Å². The quantitative estimate of drug-likeness (QED) is 0.602. The van der Waals surface area contributed by atoms with Gasteiger partial charge in [0.15, 0.2) is 0 Å². The number of benzene rings is 2. The molecule has 0 fully saturated rings. The average Bonchev–Trinajstić information content (AvgIpc) is 3.07. The molecule has 1 aliphatic rings. The van der Waals surface area contributed by atoms with Gasteiger partial charge in [-0.05, 0) is 37.3 Å². The predicted molar refractivity (Wildman–Crippen MR) is 107 cm³/mol. The Morgan fingerprint density at radius 1 is 1.21 bits per heavy atom. The van der Waals surface area contributed by atoms with Gasteiger partial charge in [-0.1, -0.05) is 40.5 Å². The Kier molecular flexibility index (Phi) is 5.83. The van der Waals surface area contributed by atoms with E-state index in [4.69, 9.17) is 28.0 Å². The van der Waals surface area contributed by atoms with Gasteiger partial charge in [0, 0.05) is 40.3 Å². The number of rotatable bonds is 5. The summed E-state index contributed by atoms with van der Waals surface area (Å²) in [6, 6.07) is 10.5. The average molecular weight is 445 g/mol. The van der Waals surface area contributed by atoms with Gasteiger partial charge < -0.3 is 9.74 Å². The van der Waals surface area contributed by atoms with Gasteiger partial charge in [-0.15, -0.1) is 0 Å². The lowest BCUT2D eigenvalue weighted by Crippen LogP contribution is -2.42. The molecule has 1 heterocycles. The van der Waals surface area contributed by atoms with Crippen LogP contribution in [0.5, 0.6) is 0 Å². The molecule has 0 N–H and O–H groups in total. The van der Waals surface area contributed by atoms with Crippen LogP contribution in [0.4, 0.5) is 18.9 Å². The topological polar surface area (TPSA) is 41.9 Å². The molecule has 0 saturated heterocycles. The third kappa shape index (κ3) is 4.36. The number of hydrogen-bond donors (Lipinski definition) is 0. The number of Topliss-reactive ketones (excluding diaryl/α,β-unsaturated/α-hetero) is 1. The van der Waals surface area contributed by atoms with E-state index in [2.05, 4.69) is 5.16 Å². The molecule has 1 atom stereocenters. The van der Waals surface area contributed by atoms with Crippen molar-refractivity contribution in [2.24, 2.45) is 5.16 Å². The summed E-state index contributed by atoms with van der Waals surface area (Å²) in [4.78, 5) is 18.1. The maximum Gasteiger partial charge on any atom is 0.435 e. The molecule has 154 valence electrons. The van der Waals surface area contributed by atoms with Gasteiger partial charge in [0.1, 0.15) is 5.78 Å². The minimum absolute atomic E-state index is 0.0339. The maximum atomic E-state index is 14.1. The third-order valence-corrected chi connectivity index (χ3v) is 5.03. The first-order valence-electron chi connectivity index (χ1n) is 8.61. The highest BCUT2D eigenvalue weighted by molar-refractivity contribution is 6.34. The van der Waals surface area contributed by atoms with Crippen LogP contribution in [0.25, 0.3) is 0 Å². The maximum absolute atomic E-state index is 14.1. The Morgan fingerprint density at radius 2 is 1.86 bits per heavy atom. The number of likely N-dealkylation sites (N-methyl/N-ethyl adjacent to an activating group) is 1. The van der Waals surface area contributed by atoms with Crippen molar-refractivity contribution in [3.63, 3.8) is 0 Å². The molecule has 0 bridgehead atoms. The monoisotopic (exact) mass is 444 g/mol. The summed E-state index contributed by atoms with van der Waals surface area (Å²) in [5.74, 6) is -0.0339. The van der Waals surface area contributed by atoms with Crippen LogP contribution in [0, 0.1) is 0 Å². The molecule has 29 heavy (non-hydrogen) atoms. The van der Waals surface area contributed by atoms with Crippen LogP contribution in [0.15, 0.2) is 47.6 Å². The molecule has 0 radical (unpaired) electrons. The number of anilines is 1. The number of ketones is 1. The van der Waals surface area contributed by atoms with Crippen molar-refractivity contribution in [1.29, 1.82) is 0 Å². The van der Waals surface area contributed by atoms with Gasteiger partial charge in [0.2, 0.25) is 0 Å². The highest BCUT2D eigenvalue weighted by atomic mass is 35.5. The second-order valence-electron chi connectivity index (χ2n) is 6.90. The van der Waals surface area contributed by atoms with Gasteiger partial charge >= 0.3 is 6.18 Å². The summed E-state index contributed by atoms with van der Waals surface area (Å²) < 4.78 is 42.2. The van der Waals surface area contributed by atoms with Gasteiger partial charge in [-0.3, -0.25) is 4.79 Å². The number of carbonyl (C=O) groups is 1. The fourth-order valence-electron chi connectivity index (χ4n) is 3.19. The molecule has 0 amide bonds. The first-order chi connectivity index (χ1) is 13.5. The summed E-state index contributed by atoms with van der Waals surface area (Å²) >= 11 is 11.8. The van der Waals surface area contributed by atoms with Gasteiger partial charge in [-0.25, -0.2) is 0 Å². The molecule has 1 unspecified atom stereocenters. The minimum Gasteiger partial charge on any atom is -0.374 e. The summed E-state index contributed by atoms with van der Waals surface area (Å²) in [7, 11) is 1.72. The van der Waals surface area contributed by atoms with Crippen molar-refractivity contribution in [2.45, 2.75) is 25.1 Å². The smallest absolute Gasteiger partial charge is 0.374 e. The van der Waals surface area contributed by atoms with E-state index >= 15 is 0 Å². The summed E-state index contributed by atoms with van der Waals surface area (Å²) in [5.41, 5.74) is -1.62. The first-order valence-corrected chi connectivity index (χ1v) is 9.37. The van der Waals surface area contributed by atoms with Crippen molar-refractivity contribution < 1.29 is 22.8 Å². The summed E-state index contributed by atoms with van der Waals surface area (Å²) in [6.07, 6.45) is -5.29. The first kappa shape index (κ1) is 21.5. The fourth-order valence-corrected chi connectivity index (χ4v) is 3.72. The van der Waals surface area contributed by atoms with Crippen molar-refractivity contribution in [2.75, 3.05) is 18.5 Å². The number of nitrogens with zero attached hydrogens (tertiary/aromatic N) is 2. The van der Waals surface area contributed by atoms with E-state index in [0.29, 0.717) is 11.3 Å². The Bertz CT molecular complexity index is 958. The van der Waals surface area contributed by atoms with Crippen LogP contribution in [-0.2, 0) is 15.2 Å². The van der Waals surface area contributed by atoms with Crippen LogP contribution < -0.4 is 4.90 Å². The second kappa shape index (κ2) is 7.88. The van der Waals surface area contributed by atoms with E-state index in [9.17, 15) is 18.0 Å². The summed E-state index contributed by atoms with van der Waals surface area (Å²) in [6.45, 7) is 1.64. The van der Waals surface area contributed by atoms with Crippen LogP contribution >= 0.6 is 23.2 Å². The van der Waals surface area contributed by atoms with Crippen LogP contribution in [0.2, 0.25) is 10.0 Å². The second-order valence-corrected chi connectivity index (χ2v) is 7.77. The Morgan fingerprint density at radius 3 is 2.45 bits per heavy atom. The molecule has 0 aromatic heterocycles. The zero-order valence-corrected chi connectivity index (χ0v) is 17.1. The largest absolute Gasteiger partial charge is 0.435 e. The Labute approximate surface area is 175 Å². The van der Waals surface area contributed by atoms with E-state index in [1.54, 1.807) is 36.2 Å². The van der Waals surface area contributed by atoms with Gasteiger partial charge in [-0.2, -0.15) is 13.2 Å². The van der Waals surface area contributed by atoms with Crippen molar-refractivity contribution in [3.05, 3.63) is 63.6 Å². The Balaban J connectivity index is 1.96. The molecule has 0 saturated carbocycles. The van der Waals surface area contributed by atoms with E-state index in [0.717, 1.165) is 0 Å².